The number of anilines is 1. The molecule has 1 heterocycles. The highest BCUT2D eigenvalue weighted by Gasteiger charge is 2.31. The molecule has 11 heteroatoms. The van der Waals surface area contributed by atoms with Crippen LogP contribution in [0.3, 0.4) is 0 Å². The molecule has 244 valence electrons. The van der Waals surface area contributed by atoms with Crippen LogP contribution >= 0.6 is 0 Å². The van der Waals surface area contributed by atoms with Crippen molar-refractivity contribution in [3.63, 3.8) is 0 Å². The van der Waals surface area contributed by atoms with Gasteiger partial charge in [0.15, 0.2) is 0 Å². The van der Waals surface area contributed by atoms with Gasteiger partial charge in [0.1, 0.15) is 5.75 Å². The van der Waals surface area contributed by atoms with E-state index in [0.29, 0.717) is 18.9 Å². The van der Waals surface area contributed by atoms with E-state index in [1.165, 1.54) is 17.7 Å². The molecule has 0 unspecified atom stereocenters. The second-order valence-corrected chi connectivity index (χ2v) is 11.9. The number of hydrogen-bond donors (Lipinski definition) is 2. The Bertz CT molecular complexity index is 1200. The minimum absolute atomic E-state index is 0.109. The largest absolute Gasteiger partial charge is 0.490 e. The van der Waals surface area contributed by atoms with Crippen LogP contribution in [0.2, 0.25) is 0 Å². The molecule has 0 saturated carbocycles. The predicted molar refractivity (Wildman–Crippen MR) is 164 cm³/mol. The number of likely N-dealkylation sites (N-methyl/N-ethyl adjacent to an activating group) is 1. The van der Waals surface area contributed by atoms with Crippen LogP contribution in [0.4, 0.5) is 18.9 Å². The molecule has 2 aromatic rings. The van der Waals surface area contributed by atoms with Gasteiger partial charge in [-0.25, -0.2) is 0 Å². The number of rotatable bonds is 9. The molecule has 44 heavy (non-hydrogen) atoms. The molecule has 0 fully saturated rings. The first kappa shape index (κ1) is 35.3. The van der Waals surface area contributed by atoms with Crippen LogP contribution in [0.15, 0.2) is 48.5 Å². The molecule has 0 bridgehead atoms. The number of nitrogens with zero attached hydrogens (tertiary/aromatic N) is 2. The van der Waals surface area contributed by atoms with E-state index in [-0.39, 0.29) is 42.5 Å². The van der Waals surface area contributed by atoms with Crippen molar-refractivity contribution >= 4 is 17.5 Å². The Morgan fingerprint density at radius 1 is 1.16 bits per heavy atom. The molecule has 0 spiro atoms. The van der Waals surface area contributed by atoms with Crippen molar-refractivity contribution in [3.05, 3.63) is 59.7 Å². The van der Waals surface area contributed by atoms with Crippen molar-refractivity contribution in [2.45, 2.75) is 83.8 Å². The Balaban J connectivity index is 1.89. The normalized spacial score (nSPS) is 21.2. The molecule has 1 aliphatic rings. The zero-order chi connectivity index (χ0) is 32.3. The summed E-state index contributed by atoms with van der Waals surface area (Å²) in [6.45, 7) is 7.62. The van der Waals surface area contributed by atoms with Crippen LogP contribution in [-0.4, -0.2) is 84.5 Å². The van der Waals surface area contributed by atoms with Crippen LogP contribution < -0.4 is 10.1 Å². The van der Waals surface area contributed by atoms with E-state index in [1.807, 2.05) is 39.1 Å². The third-order valence-electron chi connectivity index (χ3n) is 7.76. The Morgan fingerprint density at radius 2 is 1.89 bits per heavy atom. The Labute approximate surface area is 258 Å². The lowest BCUT2D eigenvalue weighted by Crippen LogP contribution is -2.47. The van der Waals surface area contributed by atoms with Gasteiger partial charge >= 0.3 is 6.18 Å². The summed E-state index contributed by atoms with van der Waals surface area (Å²) in [5, 5.41) is 12.6. The van der Waals surface area contributed by atoms with E-state index in [1.54, 1.807) is 17.9 Å². The monoisotopic (exact) mass is 621 g/mol. The SMILES string of the molecule is C[C@@H]1CN([C@@H](C)CO)C(=O)c2cc(NC(=O)CCC(F)(F)F)ccc2O[C@@H](C)CCCCO[C@@H]1CN(C)Cc1ccccc1. The summed E-state index contributed by atoms with van der Waals surface area (Å²) in [6.07, 6.45) is -4.44. The standard InChI is InChI=1S/C33H46F3N3O5/c1-23-19-39(24(2)22-40)32(42)28-18-27(37-31(41)15-16-33(34,35)36)13-14-29(28)44-25(3)10-8-9-17-43-30(23)21-38(4)20-26-11-6-5-7-12-26/h5-7,11-14,18,23-25,30,40H,8-10,15-17,19-22H2,1-4H3,(H,37,41)/t23-,24+,25+,30-/m1/s1. The van der Waals surface area contributed by atoms with Crippen molar-refractivity contribution in [2.24, 2.45) is 5.92 Å². The quantitative estimate of drug-likeness (QED) is 0.363. The first-order valence-corrected chi connectivity index (χ1v) is 15.3. The van der Waals surface area contributed by atoms with Gasteiger partial charge in [-0.15, -0.1) is 0 Å². The molecule has 4 atom stereocenters. The molecule has 2 aromatic carbocycles. The van der Waals surface area contributed by atoms with Crippen LogP contribution in [0, 0.1) is 5.92 Å². The smallest absolute Gasteiger partial charge is 0.389 e. The zero-order valence-corrected chi connectivity index (χ0v) is 26.1. The molecular weight excluding hydrogens is 575 g/mol. The number of alkyl halides is 3. The minimum Gasteiger partial charge on any atom is -0.490 e. The number of aliphatic hydroxyl groups is 1. The summed E-state index contributed by atoms with van der Waals surface area (Å²) in [5.74, 6) is -1.02. The van der Waals surface area contributed by atoms with Crippen molar-refractivity contribution < 1.29 is 37.3 Å². The summed E-state index contributed by atoms with van der Waals surface area (Å²) in [4.78, 5) is 30.2. The topological polar surface area (TPSA) is 91.3 Å². The number of ether oxygens (including phenoxy) is 2. The fourth-order valence-electron chi connectivity index (χ4n) is 5.21. The van der Waals surface area contributed by atoms with Gasteiger partial charge in [0, 0.05) is 44.3 Å². The Morgan fingerprint density at radius 3 is 2.57 bits per heavy atom. The maximum Gasteiger partial charge on any atom is 0.389 e. The Hall–Kier alpha value is -3.15. The molecule has 2 amide bonds. The molecule has 0 radical (unpaired) electrons. The fourth-order valence-corrected chi connectivity index (χ4v) is 5.21. The van der Waals surface area contributed by atoms with E-state index in [2.05, 4.69) is 22.3 Å². The van der Waals surface area contributed by atoms with E-state index >= 15 is 0 Å². The molecule has 0 aromatic heterocycles. The third-order valence-corrected chi connectivity index (χ3v) is 7.76. The van der Waals surface area contributed by atoms with Gasteiger partial charge in [-0.05, 0) is 63.9 Å². The molecule has 0 saturated heterocycles. The highest BCUT2D eigenvalue weighted by Crippen LogP contribution is 2.29. The second kappa shape index (κ2) is 16.8. The summed E-state index contributed by atoms with van der Waals surface area (Å²) in [5.41, 5.74) is 1.53. The third kappa shape index (κ3) is 11.4. The average molecular weight is 622 g/mol. The van der Waals surface area contributed by atoms with Crippen molar-refractivity contribution in [1.29, 1.82) is 0 Å². The van der Waals surface area contributed by atoms with Crippen LogP contribution in [0.5, 0.6) is 5.75 Å². The number of nitrogens with one attached hydrogen (secondary N) is 1. The van der Waals surface area contributed by atoms with Gasteiger partial charge in [-0.1, -0.05) is 37.3 Å². The number of carbonyl (C=O) groups is 2. The lowest BCUT2D eigenvalue weighted by molar-refractivity contribution is -0.142. The van der Waals surface area contributed by atoms with Crippen LogP contribution in [0.1, 0.15) is 68.8 Å². The van der Waals surface area contributed by atoms with Crippen molar-refractivity contribution in [2.75, 3.05) is 38.7 Å². The number of amides is 2. The van der Waals surface area contributed by atoms with Gasteiger partial charge < -0.3 is 24.8 Å². The van der Waals surface area contributed by atoms with Crippen molar-refractivity contribution in [1.82, 2.24) is 9.80 Å². The second-order valence-electron chi connectivity index (χ2n) is 11.9. The minimum atomic E-state index is -4.45. The van der Waals surface area contributed by atoms with Crippen LogP contribution in [0.25, 0.3) is 0 Å². The highest BCUT2D eigenvalue weighted by molar-refractivity contribution is 5.99. The first-order chi connectivity index (χ1) is 20.9. The summed E-state index contributed by atoms with van der Waals surface area (Å²) in [7, 11) is 2.04. The number of halogens is 3. The molecule has 2 N–H and O–H groups in total. The highest BCUT2D eigenvalue weighted by atomic mass is 19.4. The van der Waals surface area contributed by atoms with E-state index < -0.39 is 36.9 Å². The van der Waals surface area contributed by atoms with E-state index in [4.69, 9.17) is 9.47 Å². The predicted octanol–water partition coefficient (Wildman–Crippen LogP) is 5.90. The average Bonchev–Trinajstić information content (AvgIpc) is 2.97. The van der Waals surface area contributed by atoms with Gasteiger partial charge in [-0.2, -0.15) is 13.2 Å². The number of aliphatic hydroxyl groups excluding tert-OH is 1. The number of fused-ring (bicyclic) bond motifs is 1. The number of carbonyl (C=O) groups excluding carboxylic acids is 2. The van der Waals surface area contributed by atoms with Gasteiger partial charge in [-0.3, -0.25) is 14.5 Å². The summed E-state index contributed by atoms with van der Waals surface area (Å²) >= 11 is 0. The Kier molecular flexibility index (Phi) is 13.5. The summed E-state index contributed by atoms with van der Waals surface area (Å²) < 4.78 is 50.5. The lowest BCUT2D eigenvalue weighted by atomic mass is 10.0. The fraction of sp³-hybridized carbons (Fsp3) is 0.576. The van der Waals surface area contributed by atoms with E-state index in [9.17, 15) is 27.9 Å². The molecule has 8 nitrogen and oxygen atoms in total. The molecule has 3 rings (SSSR count). The van der Waals surface area contributed by atoms with Gasteiger partial charge in [0.05, 0.1) is 36.8 Å². The first-order valence-electron chi connectivity index (χ1n) is 15.3. The van der Waals surface area contributed by atoms with Gasteiger partial charge in [0.2, 0.25) is 5.91 Å². The van der Waals surface area contributed by atoms with Crippen LogP contribution in [-0.2, 0) is 16.1 Å². The molecule has 1 aliphatic heterocycles. The zero-order valence-electron chi connectivity index (χ0n) is 26.1. The number of benzene rings is 2. The maximum atomic E-state index is 14.1. The van der Waals surface area contributed by atoms with Gasteiger partial charge in [0.25, 0.3) is 5.91 Å². The summed E-state index contributed by atoms with van der Waals surface area (Å²) in [6, 6.07) is 14.1. The maximum absolute atomic E-state index is 14.1. The molecule has 0 aliphatic carbocycles. The van der Waals surface area contributed by atoms with E-state index in [0.717, 1.165) is 25.8 Å². The lowest BCUT2D eigenvalue weighted by Gasteiger charge is -2.36. The van der Waals surface area contributed by atoms with Crippen molar-refractivity contribution in [3.8, 4) is 5.75 Å². The number of hydrogen-bond acceptors (Lipinski definition) is 6. The molecular formula is C33H46F3N3O5.